The van der Waals surface area contributed by atoms with Gasteiger partial charge in [-0.05, 0) is 50.6 Å². The van der Waals surface area contributed by atoms with E-state index < -0.39 is 22.1 Å². The fourth-order valence-corrected chi connectivity index (χ4v) is 4.81. The minimum Gasteiger partial charge on any atom is -0.478 e. The Labute approximate surface area is 160 Å². The van der Waals surface area contributed by atoms with Crippen LogP contribution < -0.4 is 10.1 Å². The molecule has 1 aromatic carbocycles. The molecule has 9 heteroatoms. The van der Waals surface area contributed by atoms with Gasteiger partial charge in [-0.25, -0.2) is 13.2 Å². The number of fused-ring (bicyclic) bond motifs is 1. The van der Waals surface area contributed by atoms with Crippen LogP contribution in [-0.2, 0) is 26.0 Å². The summed E-state index contributed by atoms with van der Waals surface area (Å²) >= 11 is 0. The van der Waals surface area contributed by atoms with Crippen LogP contribution in [0, 0.1) is 0 Å². The quantitative estimate of drug-likeness (QED) is 0.745. The average molecular weight is 405 g/mol. The van der Waals surface area contributed by atoms with E-state index in [-0.39, 0.29) is 23.9 Å². The van der Waals surface area contributed by atoms with Crippen molar-refractivity contribution < 1.29 is 22.7 Å². The molecule has 1 atom stereocenters. The number of sulfonamides is 1. The van der Waals surface area contributed by atoms with Gasteiger partial charge in [-0.2, -0.15) is 4.31 Å². The van der Waals surface area contributed by atoms with E-state index in [0.29, 0.717) is 31.3 Å². The summed E-state index contributed by atoms with van der Waals surface area (Å²) in [4.78, 5) is 12.1. The molecule has 0 bridgehead atoms. The molecule has 1 unspecified atom stereocenters. The van der Waals surface area contributed by atoms with Crippen molar-refractivity contribution in [1.29, 1.82) is 0 Å². The summed E-state index contributed by atoms with van der Waals surface area (Å²) in [5.74, 6) is 0.128. The number of ether oxygens (including phenoxy) is 2. The lowest BCUT2D eigenvalue weighted by Crippen LogP contribution is -2.43. The zero-order valence-electron chi connectivity index (χ0n) is 14.9. The van der Waals surface area contributed by atoms with Crippen molar-refractivity contribution >= 4 is 28.4 Å². The second-order valence-electron chi connectivity index (χ2n) is 6.30. The number of rotatable bonds is 5. The average Bonchev–Trinajstić information content (AvgIpc) is 3.05. The van der Waals surface area contributed by atoms with Gasteiger partial charge in [-0.15, -0.1) is 12.4 Å². The van der Waals surface area contributed by atoms with Crippen LogP contribution in [0.3, 0.4) is 0 Å². The first kappa shape index (κ1) is 21.0. The molecule has 146 valence electrons. The zero-order valence-corrected chi connectivity index (χ0v) is 16.6. The molecule has 7 nitrogen and oxygen atoms in total. The van der Waals surface area contributed by atoms with Gasteiger partial charge in [0.15, 0.2) is 6.10 Å². The van der Waals surface area contributed by atoms with Crippen molar-refractivity contribution in [2.45, 2.75) is 43.2 Å². The largest absolute Gasteiger partial charge is 0.478 e. The number of carbonyl (C=O) groups excluding carboxylic acids is 1. The van der Waals surface area contributed by atoms with Gasteiger partial charge in [-0.1, -0.05) is 0 Å². The third-order valence-electron chi connectivity index (χ3n) is 4.76. The molecule has 2 aliphatic heterocycles. The van der Waals surface area contributed by atoms with Crippen LogP contribution in [0.15, 0.2) is 23.1 Å². The maximum atomic E-state index is 12.9. The Bertz CT molecular complexity index is 748. The summed E-state index contributed by atoms with van der Waals surface area (Å²) in [5.41, 5.74) is 0.726. The Balaban J connectivity index is 0.00000243. The summed E-state index contributed by atoms with van der Waals surface area (Å²) in [6.45, 7) is 3.04. The lowest BCUT2D eigenvalue weighted by molar-refractivity contribution is -0.150. The first-order chi connectivity index (χ1) is 12.0. The maximum absolute atomic E-state index is 12.9. The molecule has 0 amide bonds. The molecule has 1 N–H and O–H groups in total. The molecule has 0 saturated carbocycles. The van der Waals surface area contributed by atoms with Crippen LogP contribution in [0.5, 0.6) is 5.75 Å². The van der Waals surface area contributed by atoms with Gasteiger partial charge in [0.1, 0.15) is 5.75 Å². The van der Waals surface area contributed by atoms with E-state index in [1.54, 1.807) is 25.1 Å². The number of halogens is 1. The SMILES string of the molecule is CCOC(=O)C1Cc2cc(S(=O)(=O)N3CCC(NC)CC3)ccc2O1.Cl. The van der Waals surface area contributed by atoms with Gasteiger partial charge in [0, 0.05) is 25.6 Å². The van der Waals surface area contributed by atoms with E-state index in [2.05, 4.69) is 5.32 Å². The molecule has 1 saturated heterocycles. The number of hydrogen-bond acceptors (Lipinski definition) is 6. The number of esters is 1. The molecule has 1 fully saturated rings. The molecule has 0 radical (unpaired) electrons. The zero-order chi connectivity index (χ0) is 18.0. The molecule has 1 aromatic rings. The molecule has 0 spiro atoms. The van der Waals surface area contributed by atoms with Crippen molar-refractivity contribution in [3.05, 3.63) is 23.8 Å². The molecule has 0 aliphatic carbocycles. The highest BCUT2D eigenvalue weighted by Gasteiger charge is 2.33. The Kier molecular flexibility index (Phi) is 6.90. The lowest BCUT2D eigenvalue weighted by atomic mass is 10.1. The van der Waals surface area contributed by atoms with Crippen LogP contribution in [0.1, 0.15) is 25.3 Å². The number of benzene rings is 1. The molecule has 0 aromatic heterocycles. The third-order valence-corrected chi connectivity index (χ3v) is 6.65. The van der Waals surface area contributed by atoms with Crippen molar-refractivity contribution in [3.8, 4) is 5.75 Å². The second kappa shape index (κ2) is 8.56. The predicted molar refractivity (Wildman–Crippen MR) is 99.3 cm³/mol. The predicted octanol–water partition coefficient (Wildman–Crippen LogP) is 1.35. The number of piperidine rings is 1. The summed E-state index contributed by atoms with van der Waals surface area (Å²) in [6, 6.07) is 5.16. The van der Waals surface area contributed by atoms with Gasteiger partial charge in [0.05, 0.1) is 11.5 Å². The highest BCUT2D eigenvalue weighted by molar-refractivity contribution is 7.89. The van der Waals surface area contributed by atoms with Gasteiger partial charge < -0.3 is 14.8 Å². The van der Waals surface area contributed by atoms with E-state index in [0.717, 1.165) is 18.4 Å². The molecule has 2 aliphatic rings. The first-order valence-corrected chi connectivity index (χ1v) is 10.0. The van der Waals surface area contributed by atoms with Crippen LogP contribution in [0.2, 0.25) is 0 Å². The van der Waals surface area contributed by atoms with E-state index in [9.17, 15) is 13.2 Å². The Morgan fingerprint density at radius 1 is 1.35 bits per heavy atom. The molecule has 2 heterocycles. The first-order valence-electron chi connectivity index (χ1n) is 8.59. The highest BCUT2D eigenvalue weighted by atomic mass is 35.5. The Morgan fingerprint density at radius 3 is 2.65 bits per heavy atom. The number of nitrogens with zero attached hydrogens (tertiary/aromatic N) is 1. The van der Waals surface area contributed by atoms with Gasteiger partial charge in [-0.3, -0.25) is 0 Å². The summed E-state index contributed by atoms with van der Waals surface area (Å²) in [5, 5.41) is 3.19. The normalized spacial score (nSPS) is 20.8. The minimum atomic E-state index is -3.53. The fraction of sp³-hybridized carbons (Fsp3) is 0.588. The van der Waals surface area contributed by atoms with Crippen molar-refractivity contribution in [3.63, 3.8) is 0 Å². The Hall–Kier alpha value is -1.35. The van der Waals surface area contributed by atoms with Gasteiger partial charge in [0.25, 0.3) is 0 Å². The number of carbonyl (C=O) groups is 1. The lowest BCUT2D eigenvalue weighted by Gasteiger charge is -2.31. The standard InChI is InChI=1S/C17H24N2O5S.ClH/c1-3-23-17(20)16-11-12-10-14(4-5-15(12)24-16)25(21,22)19-8-6-13(18-2)7-9-19;/h4-5,10,13,16,18H,3,6-9,11H2,1-2H3;1H. The van der Waals surface area contributed by atoms with E-state index in [1.165, 1.54) is 4.31 Å². The van der Waals surface area contributed by atoms with Crippen LogP contribution in [0.4, 0.5) is 0 Å². The van der Waals surface area contributed by atoms with Crippen molar-refractivity contribution in [2.75, 3.05) is 26.7 Å². The van der Waals surface area contributed by atoms with Crippen LogP contribution in [-0.4, -0.2) is 57.6 Å². The van der Waals surface area contributed by atoms with Crippen molar-refractivity contribution in [1.82, 2.24) is 9.62 Å². The van der Waals surface area contributed by atoms with E-state index in [1.807, 2.05) is 7.05 Å². The molecular weight excluding hydrogens is 380 g/mol. The summed E-state index contributed by atoms with van der Waals surface area (Å²) in [7, 11) is -1.63. The Morgan fingerprint density at radius 2 is 2.04 bits per heavy atom. The smallest absolute Gasteiger partial charge is 0.347 e. The van der Waals surface area contributed by atoms with Gasteiger partial charge >= 0.3 is 5.97 Å². The third kappa shape index (κ3) is 4.14. The van der Waals surface area contributed by atoms with E-state index in [4.69, 9.17) is 9.47 Å². The monoisotopic (exact) mass is 404 g/mol. The van der Waals surface area contributed by atoms with Crippen LogP contribution >= 0.6 is 12.4 Å². The van der Waals surface area contributed by atoms with Gasteiger partial charge in [0.2, 0.25) is 10.0 Å². The highest BCUT2D eigenvalue weighted by Crippen LogP contribution is 2.32. The summed E-state index contributed by atoms with van der Waals surface area (Å²) < 4.78 is 37.8. The van der Waals surface area contributed by atoms with Crippen LogP contribution in [0.25, 0.3) is 0 Å². The maximum Gasteiger partial charge on any atom is 0.347 e. The molecule has 3 rings (SSSR count). The second-order valence-corrected chi connectivity index (χ2v) is 8.24. The number of hydrogen-bond donors (Lipinski definition) is 1. The molecular formula is C17H25ClN2O5S. The minimum absolute atomic E-state index is 0. The topological polar surface area (TPSA) is 84.9 Å². The summed E-state index contributed by atoms with van der Waals surface area (Å²) in [6.07, 6.45) is 1.24. The fourth-order valence-electron chi connectivity index (χ4n) is 3.29. The molecule has 26 heavy (non-hydrogen) atoms. The van der Waals surface area contributed by atoms with Crippen molar-refractivity contribution in [2.24, 2.45) is 0 Å². The van der Waals surface area contributed by atoms with E-state index >= 15 is 0 Å². The number of nitrogens with one attached hydrogen (secondary N) is 1.